The number of nitrogens with zero attached hydrogens (tertiary/aromatic N) is 1. The van der Waals surface area contributed by atoms with E-state index < -0.39 is 12.1 Å². The molecule has 2 nitrogen and oxygen atoms in total. The molecule has 1 fully saturated rings. The molecule has 0 radical (unpaired) electrons. The maximum atomic E-state index is 13.0. The van der Waals surface area contributed by atoms with Crippen LogP contribution < -0.4 is 5.73 Å². The van der Waals surface area contributed by atoms with E-state index >= 15 is 0 Å². The van der Waals surface area contributed by atoms with Crippen LogP contribution in [0.3, 0.4) is 0 Å². The van der Waals surface area contributed by atoms with Crippen LogP contribution in [-0.2, 0) is 0 Å². The van der Waals surface area contributed by atoms with E-state index in [4.69, 9.17) is 5.73 Å². The summed E-state index contributed by atoms with van der Waals surface area (Å²) in [4.78, 5) is 1.97. The van der Waals surface area contributed by atoms with Crippen LogP contribution in [0.25, 0.3) is 0 Å². The summed E-state index contributed by atoms with van der Waals surface area (Å²) in [7, 11) is 0. The molecule has 1 heterocycles. The molecule has 0 bridgehead atoms. The number of hydrogen-bond acceptors (Lipinski definition) is 2. The quantitative estimate of drug-likeness (QED) is 0.866. The van der Waals surface area contributed by atoms with Crippen molar-refractivity contribution in [3.8, 4) is 0 Å². The van der Waals surface area contributed by atoms with E-state index in [2.05, 4.69) is 0 Å². The number of halogens is 4. The van der Waals surface area contributed by atoms with E-state index in [0.29, 0.717) is 13.1 Å². The van der Waals surface area contributed by atoms with Crippen molar-refractivity contribution in [2.45, 2.75) is 38.0 Å². The zero-order valence-corrected chi connectivity index (χ0v) is 11.9. The number of nitrogens with two attached hydrogens (primary N) is 1. The fraction of sp³-hybridized carbons (Fsp3) is 0.600. The van der Waals surface area contributed by atoms with Gasteiger partial charge in [0.2, 0.25) is 0 Å². The second-order valence-corrected chi connectivity index (χ2v) is 5.71. The van der Waals surface area contributed by atoms with E-state index in [1.807, 2.05) is 11.8 Å². The van der Waals surface area contributed by atoms with Crippen molar-refractivity contribution in [1.29, 1.82) is 0 Å². The van der Waals surface area contributed by atoms with E-state index in [1.165, 1.54) is 12.1 Å². The average Bonchev–Trinajstić information content (AvgIpc) is 2.40. The normalized spacial score (nSPS) is 21.2. The van der Waals surface area contributed by atoms with E-state index in [9.17, 15) is 17.6 Å². The molecule has 21 heavy (non-hydrogen) atoms. The Morgan fingerprint density at radius 3 is 2.10 bits per heavy atom. The van der Waals surface area contributed by atoms with Crippen LogP contribution in [0.15, 0.2) is 24.3 Å². The molecule has 6 heteroatoms. The van der Waals surface area contributed by atoms with Crippen LogP contribution in [0.5, 0.6) is 0 Å². The van der Waals surface area contributed by atoms with Crippen LogP contribution in [-0.4, -0.2) is 30.2 Å². The Labute approximate surface area is 121 Å². The molecule has 2 N–H and O–H groups in total. The zero-order chi connectivity index (χ0) is 15.6. The Morgan fingerprint density at radius 2 is 1.67 bits per heavy atom. The lowest BCUT2D eigenvalue weighted by Gasteiger charge is -2.40. The number of piperidine rings is 1. The number of rotatable bonds is 3. The summed E-state index contributed by atoms with van der Waals surface area (Å²) in [5.41, 5.74) is 6.84. The maximum absolute atomic E-state index is 13.0. The minimum Gasteiger partial charge on any atom is -0.326 e. The summed E-state index contributed by atoms with van der Waals surface area (Å²) in [6.07, 6.45) is -3.94. The smallest absolute Gasteiger partial charge is 0.326 e. The fourth-order valence-corrected chi connectivity index (χ4v) is 3.01. The molecule has 0 amide bonds. The first-order chi connectivity index (χ1) is 9.79. The van der Waals surface area contributed by atoms with Crippen LogP contribution in [0.4, 0.5) is 17.6 Å². The van der Waals surface area contributed by atoms with Gasteiger partial charge in [0.1, 0.15) is 5.82 Å². The van der Waals surface area contributed by atoms with Gasteiger partial charge in [-0.25, -0.2) is 4.39 Å². The molecular formula is C15H20F4N2. The van der Waals surface area contributed by atoms with Gasteiger partial charge >= 0.3 is 6.18 Å². The Balaban J connectivity index is 2.09. The van der Waals surface area contributed by atoms with Crippen LogP contribution in [0, 0.1) is 11.7 Å². The summed E-state index contributed by atoms with van der Waals surface area (Å²) in [5.74, 6) is -1.56. The maximum Gasteiger partial charge on any atom is 0.391 e. The van der Waals surface area contributed by atoms with Crippen molar-refractivity contribution in [1.82, 2.24) is 4.90 Å². The molecule has 2 atom stereocenters. The predicted molar refractivity (Wildman–Crippen MR) is 73.1 cm³/mol. The van der Waals surface area contributed by atoms with Gasteiger partial charge in [0.25, 0.3) is 0 Å². The molecule has 1 aliphatic rings. The van der Waals surface area contributed by atoms with Gasteiger partial charge in [-0.05, 0) is 50.6 Å². The third kappa shape index (κ3) is 3.95. The summed E-state index contributed by atoms with van der Waals surface area (Å²) in [6.45, 7) is 2.53. The first-order valence-corrected chi connectivity index (χ1v) is 7.11. The Bertz CT molecular complexity index is 448. The topological polar surface area (TPSA) is 29.3 Å². The van der Waals surface area contributed by atoms with E-state index in [0.717, 1.165) is 5.56 Å². The highest BCUT2D eigenvalue weighted by molar-refractivity contribution is 5.21. The number of alkyl halides is 3. The molecule has 2 unspecified atom stereocenters. The SMILES string of the molecule is CC(N)C(c1ccc(F)cc1)N1CCC(C(F)(F)F)CC1. The largest absolute Gasteiger partial charge is 0.391 e. The van der Waals surface area contributed by atoms with Gasteiger partial charge in [-0.1, -0.05) is 12.1 Å². The molecule has 1 saturated heterocycles. The third-order valence-electron chi connectivity index (χ3n) is 4.10. The highest BCUT2D eigenvalue weighted by Gasteiger charge is 2.42. The summed E-state index contributed by atoms with van der Waals surface area (Å²) < 4.78 is 51.1. The van der Waals surface area contributed by atoms with Crippen molar-refractivity contribution in [2.24, 2.45) is 11.7 Å². The lowest BCUT2D eigenvalue weighted by molar-refractivity contribution is -0.186. The second kappa shape index (κ2) is 6.32. The molecule has 0 saturated carbocycles. The minimum absolute atomic E-state index is 0.0912. The standard InChI is InChI=1S/C15H20F4N2/c1-10(20)14(11-2-4-13(16)5-3-11)21-8-6-12(7-9-21)15(17,18)19/h2-5,10,12,14H,6-9,20H2,1H3. The monoisotopic (exact) mass is 304 g/mol. The van der Waals surface area contributed by atoms with Crippen molar-refractivity contribution in [3.05, 3.63) is 35.6 Å². The molecular weight excluding hydrogens is 284 g/mol. The van der Waals surface area contributed by atoms with Gasteiger partial charge in [-0.2, -0.15) is 13.2 Å². The summed E-state index contributed by atoms with van der Waals surface area (Å²) >= 11 is 0. The summed E-state index contributed by atoms with van der Waals surface area (Å²) in [5, 5.41) is 0. The molecule has 2 rings (SSSR count). The van der Waals surface area contributed by atoms with E-state index in [1.54, 1.807) is 12.1 Å². The van der Waals surface area contributed by atoms with Gasteiger partial charge in [0, 0.05) is 12.1 Å². The first kappa shape index (κ1) is 16.2. The van der Waals surface area contributed by atoms with Gasteiger partial charge < -0.3 is 5.73 Å². The van der Waals surface area contributed by atoms with Gasteiger partial charge in [0.15, 0.2) is 0 Å². The lowest BCUT2D eigenvalue weighted by Crippen LogP contribution is -2.45. The fourth-order valence-electron chi connectivity index (χ4n) is 3.01. The van der Waals surface area contributed by atoms with Gasteiger partial charge in [-0.3, -0.25) is 4.90 Å². The highest BCUT2D eigenvalue weighted by Crippen LogP contribution is 2.36. The zero-order valence-electron chi connectivity index (χ0n) is 11.9. The Kier molecular flexibility index (Phi) is 4.88. The lowest BCUT2D eigenvalue weighted by atomic mass is 9.91. The molecule has 0 aliphatic carbocycles. The van der Waals surface area contributed by atoms with Crippen LogP contribution >= 0.6 is 0 Å². The third-order valence-corrected chi connectivity index (χ3v) is 4.10. The molecule has 118 valence electrons. The first-order valence-electron chi connectivity index (χ1n) is 7.11. The number of hydrogen-bond donors (Lipinski definition) is 1. The number of likely N-dealkylation sites (tertiary alicyclic amines) is 1. The van der Waals surface area contributed by atoms with Crippen molar-refractivity contribution >= 4 is 0 Å². The molecule has 1 aromatic carbocycles. The van der Waals surface area contributed by atoms with Crippen LogP contribution in [0.1, 0.15) is 31.4 Å². The summed E-state index contributed by atoms with van der Waals surface area (Å²) in [6, 6.07) is 5.59. The van der Waals surface area contributed by atoms with Gasteiger partial charge in [0.05, 0.1) is 5.92 Å². The molecule has 0 spiro atoms. The van der Waals surface area contributed by atoms with Crippen molar-refractivity contribution < 1.29 is 17.6 Å². The molecule has 1 aliphatic heterocycles. The van der Waals surface area contributed by atoms with Gasteiger partial charge in [-0.15, -0.1) is 0 Å². The van der Waals surface area contributed by atoms with Crippen molar-refractivity contribution in [2.75, 3.05) is 13.1 Å². The Morgan fingerprint density at radius 1 is 1.14 bits per heavy atom. The highest BCUT2D eigenvalue weighted by atomic mass is 19.4. The van der Waals surface area contributed by atoms with Crippen molar-refractivity contribution in [3.63, 3.8) is 0 Å². The second-order valence-electron chi connectivity index (χ2n) is 5.71. The minimum atomic E-state index is -4.12. The average molecular weight is 304 g/mol. The Hall–Kier alpha value is -1.14. The van der Waals surface area contributed by atoms with Crippen LogP contribution in [0.2, 0.25) is 0 Å². The molecule has 0 aromatic heterocycles. The predicted octanol–water partition coefficient (Wildman–Crippen LogP) is 3.49. The number of benzene rings is 1. The molecule has 1 aromatic rings. The van der Waals surface area contributed by atoms with E-state index in [-0.39, 0.29) is 30.7 Å².